The molecule has 1 aromatic rings. The number of amides is 3. The van der Waals surface area contributed by atoms with Gasteiger partial charge in [-0.25, -0.2) is 0 Å². The molecule has 1 N–H and O–H groups in total. The van der Waals surface area contributed by atoms with E-state index < -0.39 is 6.04 Å². The Balaban J connectivity index is 1.06. The molecule has 8 heteroatoms. The summed E-state index contributed by atoms with van der Waals surface area (Å²) in [7, 11) is 0. The molecule has 3 aliphatic heterocycles. The molecule has 2 unspecified atom stereocenters. The smallest absolute Gasteiger partial charge is 0.245 e. The molecule has 42 heavy (non-hydrogen) atoms. The van der Waals surface area contributed by atoms with Crippen molar-refractivity contribution < 1.29 is 14.4 Å². The van der Waals surface area contributed by atoms with Crippen LogP contribution in [-0.4, -0.2) is 89.5 Å². The van der Waals surface area contributed by atoms with Gasteiger partial charge in [0.25, 0.3) is 0 Å². The maximum atomic E-state index is 13.2. The highest BCUT2D eigenvalue weighted by molar-refractivity contribution is 7.99. The monoisotopic (exact) mass is 598 g/mol. The van der Waals surface area contributed by atoms with Gasteiger partial charge in [0.2, 0.25) is 17.7 Å². The number of benzene rings is 1. The van der Waals surface area contributed by atoms with Crippen LogP contribution < -0.4 is 5.32 Å². The van der Waals surface area contributed by atoms with Crippen LogP contribution in [0, 0.1) is 10.8 Å². The lowest BCUT2D eigenvalue weighted by Crippen LogP contribution is -2.60. The Morgan fingerprint density at radius 2 is 1.67 bits per heavy atom. The van der Waals surface area contributed by atoms with Gasteiger partial charge in [-0.1, -0.05) is 39.0 Å². The van der Waals surface area contributed by atoms with Crippen molar-refractivity contribution >= 4 is 29.5 Å². The predicted molar refractivity (Wildman–Crippen MR) is 171 cm³/mol. The van der Waals surface area contributed by atoms with Crippen LogP contribution in [-0.2, 0) is 14.4 Å². The van der Waals surface area contributed by atoms with Gasteiger partial charge in [0, 0.05) is 56.5 Å². The molecule has 0 radical (unpaired) electrons. The summed E-state index contributed by atoms with van der Waals surface area (Å²) in [6.45, 7) is 14.2. The van der Waals surface area contributed by atoms with E-state index in [0.29, 0.717) is 31.1 Å². The van der Waals surface area contributed by atoms with E-state index in [-0.39, 0.29) is 29.2 Å². The predicted octanol–water partition coefficient (Wildman–Crippen LogP) is 5.59. The summed E-state index contributed by atoms with van der Waals surface area (Å²) in [5.74, 6) is 1.35. The number of hydrogen-bond acceptors (Lipinski definition) is 5. The zero-order chi connectivity index (χ0) is 30.2. The van der Waals surface area contributed by atoms with Crippen molar-refractivity contribution in [2.75, 3.05) is 45.0 Å². The highest BCUT2D eigenvalue weighted by atomic mass is 32.2. The van der Waals surface area contributed by atoms with Crippen molar-refractivity contribution in [2.45, 2.75) is 109 Å². The molecule has 1 aromatic carbocycles. The number of hydrogen-bond donors (Lipinski definition) is 1. The van der Waals surface area contributed by atoms with Gasteiger partial charge in [-0.3, -0.25) is 14.4 Å². The van der Waals surface area contributed by atoms with Gasteiger partial charge in [-0.05, 0) is 93.6 Å². The highest BCUT2D eigenvalue weighted by Crippen LogP contribution is 2.40. The van der Waals surface area contributed by atoms with Crippen LogP contribution in [0.5, 0.6) is 0 Å². The number of nitrogens with one attached hydrogen (secondary N) is 1. The molecule has 234 valence electrons. The summed E-state index contributed by atoms with van der Waals surface area (Å²) >= 11 is 1.95. The molecular weight excluding hydrogens is 544 g/mol. The molecule has 0 aromatic heterocycles. The molecule has 3 saturated heterocycles. The molecule has 3 aliphatic rings. The third kappa shape index (κ3) is 9.22. The first-order valence-electron chi connectivity index (χ1n) is 16.3. The fraction of sp³-hybridized carbons (Fsp3) is 0.735. The van der Waals surface area contributed by atoms with E-state index in [9.17, 15) is 14.4 Å². The van der Waals surface area contributed by atoms with Crippen molar-refractivity contribution in [1.82, 2.24) is 20.0 Å². The van der Waals surface area contributed by atoms with E-state index >= 15 is 0 Å². The van der Waals surface area contributed by atoms with Gasteiger partial charge in [0.05, 0.1) is 0 Å². The second-order valence-corrected chi connectivity index (χ2v) is 15.2. The lowest BCUT2D eigenvalue weighted by atomic mass is 9.72. The molecule has 4 rings (SSSR count). The number of carbonyl (C=O) groups is 3. The Kier molecular flexibility index (Phi) is 11.8. The van der Waals surface area contributed by atoms with Crippen LogP contribution in [0.4, 0.5) is 0 Å². The van der Waals surface area contributed by atoms with Gasteiger partial charge in [0.1, 0.15) is 6.04 Å². The lowest BCUT2D eigenvalue weighted by Gasteiger charge is -2.54. The maximum absolute atomic E-state index is 13.2. The molecule has 0 bridgehead atoms. The number of rotatable bonds is 13. The number of thioether (sulfide) groups is 1. The van der Waals surface area contributed by atoms with Crippen LogP contribution in [0.25, 0.3) is 0 Å². The summed E-state index contributed by atoms with van der Waals surface area (Å²) < 4.78 is 0. The number of likely N-dealkylation sites (tertiary alicyclic amines) is 3. The minimum absolute atomic E-state index is 0.0337. The first-order valence-corrected chi connectivity index (χ1v) is 17.3. The van der Waals surface area contributed by atoms with Crippen molar-refractivity contribution in [2.24, 2.45) is 10.8 Å². The molecule has 3 amide bonds. The van der Waals surface area contributed by atoms with Gasteiger partial charge in [-0.15, -0.1) is 11.8 Å². The summed E-state index contributed by atoms with van der Waals surface area (Å²) in [6, 6.07) is 10.4. The van der Waals surface area contributed by atoms with Crippen LogP contribution in [0.15, 0.2) is 35.2 Å². The van der Waals surface area contributed by atoms with Crippen LogP contribution in [0.2, 0.25) is 0 Å². The number of carbonyl (C=O) groups excluding carboxylic acids is 3. The average molecular weight is 599 g/mol. The van der Waals surface area contributed by atoms with Crippen LogP contribution in [0.3, 0.4) is 0 Å². The Morgan fingerprint density at radius 3 is 2.31 bits per heavy atom. The van der Waals surface area contributed by atoms with Crippen LogP contribution in [0.1, 0.15) is 91.9 Å². The van der Waals surface area contributed by atoms with Gasteiger partial charge in [-0.2, -0.15) is 0 Å². The third-order valence-electron chi connectivity index (χ3n) is 9.47. The SMILES string of the molecule is CC1CCCN1C(=O)C(NC(=O)CCCCC(=O)N1CCC2(CC1)CN(CCCCSc1ccccc1)C2)C(C)(C)C. The Bertz CT molecular complexity index is 1030. The van der Waals surface area contributed by atoms with Crippen molar-refractivity contribution in [3.05, 3.63) is 30.3 Å². The molecule has 2 atom stereocenters. The highest BCUT2D eigenvalue weighted by Gasteiger charge is 2.45. The fourth-order valence-corrected chi connectivity index (χ4v) is 7.71. The topological polar surface area (TPSA) is 73.0 Å². The molecule has 0 aliphatic carbocycles. The van der Waals surface area contributed by atoms with Crippen LogP contribution >= 0.6 is 11.8 Å². The summed E-state index contributed by atoms with van der Waals surface area (Å²) in [5, 5.41) is 3.03. The Labute approximate surface area is 258 Å². The minimum atomic E-state index is -0.520. The quantitative estimate of drug-likeness (QED) is 0.237. The molecular formula is C34H54N4O3S. The van der Waals surface area contributed by atoms with E-state index in [1.54, 1.807) is 0 Å². The second-order valence-electron chi connectivity index (χ2n) is 14.1. The largest absolute Gasteiger partial charge is 0.344 e. The molecule has 1 spiro atoms. The van der Waals surface area contributed by atoms with Gasteiger partial charge < -0.3 is 20.0 Å². The molecule has 3 fully saturated rings. The first-order chi connectivity index (χ1) is 20.1. The van der Waals surface area contributed by atoms with Crippen molar-refractivity contribution in [3.63, 3.8) is 0 Å². The average Bonchev–Trinajstić information content (AvgIpc) is 3.38. The number of nitrogens with zero attached hydrogens (tertiary/aromatic N) is 3. The summed E-state index contributed by atoms with van der Waals surface area (Å²) in [5.41, 5.74) is 0.0668. The van der Waals surface area contributed by atoms with E-state index in [4.69, 9.17) is 0 Å². The van der Waals surface area contributed by atoms with E-state index in [0.717, 1.165) is 45.3 Å². The number of piperidine rings is 1. The zero-order valence-corrected chi connectivity index (χ0v) is 27.4. The van der Waals surface area contributed by atoms with Crippen molar-refractivity contribution in [1.29, 1.82) is 0 Å². The Morgan fingerprint density at radius 1 is 0.976 bits per heavy atom. The summed E-state index contributed by atoms with van der Waals surface area (Å²) in [4.78, 5) is 46.7. The van der Waals surface area contributed by atoms with Crippen molar-refractivity contribution in [3.8, 4) is 0 Å². The standard InChI is InChI=1S/C34H54N4O3S/c1-27-13-12-21-38(27)32(41)31(33(2,3)4)35-29(39)16-8-9-17-30(40)37-22-18-34(19-23-37)25-36(26-34)20-10-11-24-42-28-14-6-5-7-15-28/h5-7,14-15,27,31H,8-13,16-26H2,1-4H3,(H,35,39). The molecule has 0 saturated carbocycles. The number of unbranched alkanes of at least 4 members (excludes halogenated alkanes) is 2. The third-order valence-corrected chi connectivity index (χ3v) is 10.6. The van der Waals surface area contributed by atoms with E-state index in [2.05, 4.69) is 47.5 Å². The van der Waals surface area contributed by atoms with Gasteiger partial charge >= 0.3 is 0 Å². The fourth-order valence-electron chi connectivity index (χ4n) is 6.78. The molecule has 3 heterocycles. The molecule has 7 nitrogen and oxygen atoms in total. The summed E-state index contributed by atoms with van der Waals surface area (Å²) in [6.07, 6.45) is 9.00. The van der Waals surface area contributed by atoms with E-state index in [1.807, 2.05) is 42.3 Å². The van der Waals surface area contributed by atoms with Gasteiger partial charge in [0.15, 0.2) is 0 Å². The zero-order valence-electron chi connectivity index (χ0n) is 26.5. The Hall–Kier alpha value is -2.06. The maximum Gasteiger partial charge on any atom is 0.245 e. The normalized spacial score (nSPS) is 21.3. The minimum Gasteiger partial charge on any atom is -0.344 e. The van der Waals surface area contributed by atoms with E-state index in [1.165, 1.54) is 43.1 Å². The lowest BCUT2D eigenvalue weighted by molar-refractivity contribution is -0.140. The second kappa shape index (κ2) is 15.1. The first kappa shape index (κ1) is 32.8.